The summed E-state index contributed by atoms with van der Waals surface area (Å²) in [5.41, 5.74) is 3.17. The van der Waals surface area contributed by atoms with Crippen molar-refractivity contribution >= 4 is 49.0 Å². The van der Waals surface area contributed by atoms with Crippen molar-refractivity contribution in [1.82, 2.24) is 4.31 Å². The number of thiophene rings is 1. The van der Waals surface area contributed by atoms with E-state index in [0.29, 0.717) is 41.4 Å². The Morgan fingerprint density at radius 3 is 2.29 bits per heavy atom. The van der Waals surface area contributed by atoms with Gasteiger partial charge < -0.3 is 10.1 Å². The number of methoxy groups -OCH3 is 1. The van der Waals surface area contributed by atoms with E-state index >= 15 is 0 Å². The van der Waals surface area contributed by atoms with Gasteiger partial charge in [0, 0.05) is 29.4 Å². The average Bonchev–Trinajstić information content (AvgIpc) is 3.21. The summed E-state index contributed by atoms with van der Waals surface area (Å²) in [6.07, 6.45) is 0.921. The molecule has 1 aliphatic rings. The second-order valence-electron chi connectivity index (χ2n) is 8.75. The summed E-state index contributed by atoms with van der Waals surface area (Å²) in [7, 11) is -2.27. The first-order chi connectivity index (χ1) is 16.1. The predicted octanol–water partition coefficient (Wildman–Crippen LogP) is 4.65. The number of carbonyl (C=O) groups excluding carboxylic acids is 2. The van der Waals surface area contributed by atoms with Gasteiger partial charge in [-0.1, -0.05) is 17.7 Å². The van der Waals surface area contributed by atoms with Crippen molar-refractivity contribution in [3.8, 4) is 0 Å². The third-order valence-electron chi connectivity index (χ3n) is 6.20. The highest BCUT2D eigenvalue weighted by atomic mass is 32.2. The van der Waals surface area contributed by atoms with Gasteiger partial charge in [0.05, 0.1) is 12.0 Å². The van der Waals surface area contributed by atoms with E-state index in [0.717, 1.165) is 26.8 Å². The number of aryl methyl sites for hydroxylation is 3. The number of nitrogens with zero attached hydrogens (tertiary/aromatic N) is 1. The minimum atomic E-state index is -3.61. The molecule has 7 nitrogen and oxygen atoms in total. The van der Waals surface area contributed by atoms with Crippen LogP contribution in [0.3, 0.4) is 0 Å². The Morgan fingerprint density at radius 1 is 1.03 bits per heavy atom. The van der Waals surface area contributed by atoms with Crippen LogP contribution in [0, 0.1) is 26.7 Å². The second-order valence-corrected chi connectivity index (χ2v) is 11.7. The van der Waals surface area contributed by atoms with Crippen molar-refractivity contribution in [3.05, 3.63) is 58.0 Å². The predicted molar refractivity (Wildman–Crippen MR) is 134 cm³/mol. The molecule has 0 bridgehead atoms. The summed E-state index contributed by atoms with van der Waals surface area (Å²) < 4.78 is 33.8. The van der Waals surface area contributed by atoms with Gasteiger partial charge in [-0.3, -0.25) is 4.79 Å². The minimum Gasteiger partial charge on any atom is -0.465 e. The van der Waals surface area contributed by atoms with Gasteiger partial charge in [0.2, 0.25) is 15.9 Å². The smallest absolute Gasteiger partial charge is 0.348 e. The molecule has 0 unspecified atom stereocenters. The molecule has 4 rings (SSSR count). The van der Waals surface area contributed by atoms with Crippen molar-refractivity contribution in [3.63, 3.8) is 0 Å². The van der Waals surface area contributed by atoms with Gasteiger partial charge in [-0.2, -0.15) is 4.31 Å². The van der Waals surface area contributed by atoms with Crippen molar-refractivity contribution in [1.29, 1.82) is 0 Å². The van der Waals surface area contributed by atoms with Crippen LogP contribution in [0.25, 0.3) is 10.1 Å². The highest BCUT2D eigenvalue weighted by Gasteiger charge is 2.33. The van der Waals surface area contributed by atoms with Crippen molar-refractivity contribution in [2.45, 2.75) is 38.5 Å². The standard InChI is InChI=1S/C25H28N2O5S2/c1-15-11-16(2)23(17(3)12-15)34(30,31)27-9-7-18(8-10-27)24(28)26-20-5-6-21-19(13-20)14-22(33-21)25(29)32-4/h5-6,11-14,18H,7-10H2,1-4H3,(H,26,28). The zero-order chi connectivity index (χ0) is 24.6. The third-order valence-corrected chi connectivity index (χ3v) is 9.50. The van der Waals surface area contributed by atoms with Crippen molar-refractivity contribution in [2.24, 2.45) is 5.92 Å². The van der Waals surface area contributed by atoms with Gasteiger partial charge in [-0.25, -0.2) is 13.2 Å². The van der Waals surface area contributed by atoms with Crippen LogP contribution in [-0.4, -0.2) is 44.8 Å². The molecule has 2 heterocycles. The maximum Gasteiger partial charge on any atom is 0.348 e. The summed E-state index contributed by atoms with van der Waals surface area (Å²) in [5, 5.41) is 3.80. The summed E-state index contributed by atoms with van der Waals surface area (Å²) in [5.74, 6) is -0.775. The van der Waals surface area contributed by atoms with Crippen LogP contribution in [-0.2, 0) is 19.6 Å². The zero-order valence-corrected chi connectivity index (χ0v) is 21.3. The molecule has 34 heavy (non-hydrogen) atoms. The van der Waals surface area contributed by atoms with Gasteiger partial charge >= 0.3 is 5.97 Å². The number of hydrogen-bond acceptors (Lipinski definition) is 6. The lowest BCUT2D eigenvalue weighted by Gasteiger charge is -2.31. The number of hydrogen-bond donors (Lipinski definition) is 1. The van der Waals surface area contributed by atoms with E-state index in [1.165, 1.54) is 22.8 Å². The first-order valence-corrected chi connectivity index (χ1v) is 13.4. The molecular formula is C25H28N2O5S2. The maximum atomic E-state index is 13.3. The molecule has 180 valence electrons. The highest BCUT2D eigenvalue weighted by molar-refractivity contribution is 7.89. The number of benzene rings is 2. The Kier molecular flexibility index (Phi) is 6.80. The molecule has 1 N–H and O–H groups in total. The molecule has 3 aromatic rings. The number of ether oxygens (including phenoxy) is 1. The Hall–Kier alpha value is -2.75. The molecule has 1 amide bonds. The van der Waals surface area contributed by atoms with Crippen LogP contribution < -0.4 is 5.32 Å². The first kappa shape index (κ1) is 24.4. The van der Waals surface area contributed by atoms with Crippen LogP contribution >= 0.6 is 11.3 Å². The number of amides is 1. The zero-order valence-electron chi connectivity index (χ0n) is 19.7. The van der Waals surface area contributed by atoms with Crippen LogP contribution in [0.1, 0.15) is 39.2 Å². The number of fused-ring (bicyclic) bond motifs is 1. The lowest BCUT2D eigenvalue weighted by molar-refractivity contribution is -0.120. The Bertz CT molecular complexity index is 1350. The first-order valence-electron chi connectivity index (χ1n) is 11.1. The van der Waals surface area contributed by atoms with Crippen molar-refractivity contribution < 1.29 is 22.7 Å². The number of esters is 1. The van der Waals surface area contributed by atoms with Crippen LogP contribution in [0.15, 0.2) is 41.3 Å². The Balaban J connectivity index is 1.42. The van der Waals surface area contributed by atoms with E-state index < -0.39 is 10.0 Å². The van der Waals surface area contributed by atoms with E-state index in [1.807, 2.05) is 45.0 Å². The monoisotopic (exact) mass is 500 g/mol. The summed E-state index contributed by atoms with van der Waals surface area (Å²) >= 11 is 1.34. The molecule has 1 saturated heterocycles. The van der Waals surface area contributed by atoms with Gasteiger partial charge in [0.1, 0.15) is 4.88 Å². The molecule has 9 heteroatoms. The van der Waals surface area contributed by atoms with Gasteiger partial charge in [0.25, 0.3) is 0 Å². The largest absolute Gasteiger partial charge is 0.465 e. The van der Waals surface area contributed by atoms with E-state index in [1.54, 1.807) is 12.1 Å². The summed E-state index contributed by atoms with van der Waals surface area (Å²) in [6, 6.07) is 11.0. The quantitative estimate of drug-likeness (QED) is 0.515. The van der Waals surface area contributed by atoms with Crippen LogP contribution in [0.2, 0.25) is 0 Å². The number of sulfonamides is 1. The maximum absolute atomic E-state index is 13.3. The van der Waals surface area contributed by atoms with E-state index in [9.17, 15) is 18.0 Å². The molecular weight excluding hydrogens is 472 g/mol. The topological polar surface area (TPSA) is 92.8 Å². The second kappa shape index (κ2) is 9.48. The minimum absolute atomic E-state index is 0.123. The van der Waals surface area contributed by atoms with E-state index in [4.69, 9.17) is 4.74 Å². The fourth-order valence-corrected chi connectivity index (χ4v) is 7.47. The summed E-state index contributed by atoms with van der Waals surface area (Å²) in [4.78, 5) is 25.5. The normalized spacial score (nSPS) is 15.4. The Morgan fingerprint density at radius 2 is 1.68 bits per heavy atom. The lowest BCUT2D eigenvalue weighted by Crippen LogP contribution is -2.41. The molecule has 1 aromatic heterocycles. The van der Waals surface area contributed by atoms with Crippen LogP contribution in [0.5, 0.6) is 0 Å². The SMILES string of the molecule is COC(=O)c1cc2cc(NC(=O)C3CCN(S(=O)(=O)c4c(C)cc(C)cc4C)CC3)ccc2s1. The molecule has 0 radical (unpaired) electrons. The van der Waals surface area contributed by atoms with Crippen LogP contribution in [0.4, 0.5) is 5.69 Å². The third kappa shape index (κ3) is 4.73. The molecule has 0 aliphatic carbocycles. The fraction of sp³-hybridized carbons (Fsp3) is 0.360. The summed E-state index contributed by atoms with van der Waals surface area (Å²) in [6.45, 7) is 6.21. The molecule has 0 spiro atoms. The molecule has 1 fully saturated rings. The number of piperidine rings is 1. The average molecular weight is 501 g/mol. The fourth-order valence-electron chi connectivity index (χ4n) is 4.63. The van der Waals surface area contributed by atoms with E-state index in [-0.39, 0.29) is 17.8 Å². The molecule has 1 aliphatic heterocycles. The van der Waals surface area contributed by atoms with Gasteiger partial charge in [0.15, 0.2) is 0 Å². The number of rotatable bonds is 5. The van der Waals surface area contributed by atoms with E-state index in [2.05, 4.69) is 5.32 Å². The van der Waals surface area contributed by atoms with Gasteiger partial charge in [-0.15, -0.1) is 11.3 Å². The van der Waals surface area contributed by atoms with Gasteiger partial charge in [-0.05, 0) is 74.4 Å². The number of anilines is 1. The van der Waals surface area contributed by atoms with Crippen molar-refractivity contribution in [2.75, 3.05) is 25.5 Å². The number of carbonyl (C=O) groups is 2. The molecule has 0 saturated carbocycles. The lowest BCUT2D eigenvalue weighted by atomic mass is 9.97. The Labute approximate surface area is 203 Å². The highest BCUT2D eigenvalue weighted by Crippen LogP contribution is 2.31. The number of nitrogens with one attached hydrogen (secondary N) is 1. The molecule has 2 aromatic carbocycles. The molecule has 0 atom stereocenters.